The van der Waals surface area contributed by atoms with Gasteiger partial charge in [-0.05, 0) is 53.3 Å². The summed E-state index contributed by atoms with van der Waals surface area (Å²) in [6.07, 6.45) is 2.04. The van der Waals surface area contributed by atoms with Crippen molar-refractivity contribution >= 4 is 41.0 Å². The fraction of sp³-hybridized carbons (Fsp3) is 0.323. The number of rotatable bonds is 8. The maximum absolute atomic E-state index is 14.0. The van der Waals surface area contributed by atoms with Gasteiger partial charge >= 0.3 is 5.97 Å². The maximum Gasteiger partial charge on any atom is 0.307 e. The van der Waals surface area contributed by atoms with Crippen molar-refractivity contribution in [3.05, 3.63) is 105 Å². The monoisotopic (exact) mass is 596 g/mol. The number of carboxylic acids is 1. The van der Waals surface area contributed by atoms with E-state index in [1.54, 1.807) is 71.6 Å². The number of hydrogen-bond donors (Lipinski definition) is 3. The fourth-order valence-corrected chi connectivity index (χ4v) is 6.39. The molecule has 0 spiro atoms. The molecule has 0 saturated heterocycles. The van der Waals surface area contributed by atoms with E-state index >= 15 is 0 Å². The van der Waals surface area contributed by atoms with Gasteiger partial charge in [-0.15, -0.1) is 0 Å². The van der Waals surface area contributed by atoms with Crippen molar-refractivity contribution in [2.24, 2.45) is 0 Å². The summed E-state index contributed by atoms with van der Waals surface area (Å²) in [5.41, 5.74) is 5.43. The lowest BCUT2D eigenvalue weighted by Gasteiger charge is -2.48. The molecule has 10 heteroatoms. The van der Waals surface area contributed by atoms with Crippen LogP contribution in [0.5, 0.6) is 0 Å². The number of halogens is 2. The topological polar surface area (TPSA) is 116 Å². The number of hydroxylamine groups is 1. The van der Waals surface area contributed by atoms with Crippen molar-refractivity contribution in [1.82, 2.24) is 10.4 Å². The van der Waals surface area contributed by atoms with Gasteiger partial charge in [-0.1, -0.05) is 84.6 Å². The number of hydrogen-bond acceptors (Lipinski definition) is 5. The van der Waals surface area contributed by atoms with Crippen molar-refractivity contribution in [1.29, 1.82) is 0 Å². The third kappa shape index (κ3) is 6.26. The number of nitrogens with one attached hydrogen (secondary N) is 1. The van der Waals surface area contributed by atoms with Crippen LogP contribution in [-0.2, 0) is 27.5 Å². The van der Waals surface area contributed by atoms with Crippen LogP contribution in [0.2, 0.25) is 10.0 Å². The molecule has 3 N–H and O–H groups in total. The Bertz CT molecular complexity index is 1450. The molecular weight excluding hydrogens is 567 g/mol. The van der Waals surface area contributed by atoms with E-state index in [4.69, 9.17) is 33.1 Å². The summed E-state index contributed by atoms with van der Waals surface area (Å²) in [7, 11) is 0. The molecule has 1 saturated carbocycles. The van der Waals surface area contributed by atoms with Crippen molar-refractivity contribution in [2.45, 2.75) is 62.8 Å². The molecule has 1 fully saturated rings. The van der Waals surface area contributed by atoms with E-state index in [1.165, 1.54) is 0 Å². The number of amides is 2. The van der Waals surface area contributed by atoms with Gasteiger partial charge in [0.2, 0.25) is 0 Å². The normalized spacial score (nSPS) is 22.2. The third-order valence-corrected chi connectivity index (χ3v) is 8.34. The van der Waals surface area contributed by atoms with Gasteiger partial charge in [-0.25, -0.2) is 5.48 Å². The van der Waals surface area contributed by atoms with Crippen LogP contribution in [0.15, 0.2) is 66.7 Å². The van der Waals surface area contributed by atoms with Gasteiger partial charge in [-0.2, -0.15) is 0 Å². The predicted octanol–water partition coefficient (Wildman–Crippen LogP) is 5.45. The summed E-state index contributed by atoms with van der Waals surface area (Å²) in [4.78, 5) is 46.1. The lowest BCUT2D eigenvalue weighted by atomic mass is 9.77. The molecule has 1 unspecified atom stereocenters. The zero-order valence-electron chi connectivity index (χ0n) is 22.1. The van der Waals surface area contributed by atoms with Crippen LogP contribution in [0.25, 0.3) is 0 Å². The van der Waals surface area contributed by atoms with Gasteiger partial charge < -0.3 is 15.1 Å². The number of aliphatic hydroxyl groups is 1. The molecule has 0 radical (unpaired) electrons. The lowest BCUT2D eigenvalue weighted by Crippen LogP contribution is -2.55. The Labute approximate surface area is 247 Å². The Morgan fingerprint density at radius 3 is 2.37 bits per heavy atom. The Morgan fingerprint density at radius 2 is 1.66 bits per heavy atom. The minimum atomic E-state index is -0.919. The SMILES string of the molecule is O=C(O)Cc1ccc(CONC(=O)[C@@H]2c3ccccc3C(=O)N([C@H]3CCCC[C@@H]3O)C2c2ccc(Cl)cc2Cl)cc1. The van der Waals surface area contributed by atoms with Gasteiger partial charge in [0.1, 0.15) is 0 Å². The van der Waals surface area contributed by atoms with Gasteiger partial charge in [0.15, 0.2) is 0 Å². The van der Waals surface area contributed by atoms with Crippen LogP contribution in [0.3, 0.4) is 0 Å². The third-order valence-electron chi connectivity index (χ3n) is 7.78. The summed E-state index contributed by atoms with van der Waals surface area (Å²) in [6, 6.07) is 17.5. The summed E-state index contributed by atoms with van der Waals surface area (Å²) in [5.74, 6) is -2.56. The van der Waals surface area contributed by atoms with E-state index in [0.717, 1.165) is 18.4 Å². The molecule has 214 valence electrons. The summed E-state index contributed by atoms with van der Waals surface area (Å²) < 4.78 is 0. The molecule has 2 aliphatic rings. The van der Waals surface area contributed by atoms with Crippen molar-refractivity contribution < 1.29 is 29.4 Å². The summed E-state index contributed by atoms with van der Waals surface area (Å²) in [5, 5.41) is 20.7. The molecule has 1 heterocycles. The highest BCUT2D eigenvalue weighted by molar-refractivity contribution is 6.35. The Kier molecular flexibility index (Phi) is 8.94. The van der Waals surface area contributed by atoms with Crippen LogP contribution in [0.4, 0.5) is 0 Å². The molecule has 3 aromatic rings. The molecule has 8 nitrogen and oxygen atoms in total. The van der Waals surface area contributed by atoms with Gasteiger partial charge in [0, 0.05) is 15.6 Å². The molecule has 1 aliphatic carbocycles. The average Bonchev–Trinajstić information content (AvgIpc) is 2.94. The van der Waals surface area contributed by atoms with E-state index in [-0.39, 0.29) is 18.9 Å². The predicted molar refractivity (Wildman–Crippen MR) is 154 cm³/mol. The van der Waals surface area contributed by atoms with E-state index in [0.29, 0.717) is 45.1 Å². The Balaban J connectivity index is 1.48. The minimum Gasteiger partial charge on any atom is -0.481 e. The first kappa shape index (κ1) is 29.1. The number of carbonyl (C=O) groups excluding carboxylic acids is 2. The van der Waals surface area contributed by atoms with E-state index in [1.807, 2.05) is 0 Å². The second-order valence-corrected chi connectivity index (χ2v) is 11.3. The highest BCUT2D eigenvalue weighted by Gasteiger charge is 2.49. The molecular formula is C31H30Cl2N2O6. The fourth-order valence-electron chi connectivity index (χ4n) is 5.87. The van der Waals surface area contributed by atoms with Crippen molar-refractivity contribution in [3.63, 3.8) is 0 Å². The standard InChI is InChI=1S/C31H30Cl2N2O6/c32-20-13-14-23(24(33)16-20)29-28(30(39)34-41-17-19-11-9-18(10-12-19)15-27(37)38)21-5-1-2-6-22(21)31(40)35(29)25-7-3-4-8-26(25)36/h1-2,5-6,9-14,16,25-26,28-29,36H,3-4,7-8,15,17H2,(H,34,39)(H,37,38)/t25-,26-,28+,29?/m0/s1. The highest BCUT2D eigenvalue weighted by atomic mass is 35.5. The van der Waals surface area contributed by atoms with Crippen LogP contribution >= 0.6 is 23.2 Å². The smallest absolute Gasteiger partial charge is 0.307 e. The first-order chi connectivity index (χ1) is 19.7. The quantitative estimate of drug-likeness (QED) is 0.298. The van der Waals surface area contributed by atoms with Gasteiger partial charge in [0.05, 0.1) is 37.1 Å². The molecule has 1 aliphatic heterocycles. The van der Waals surface area contributed by atoms with Crippen LogP contribution in [0.1, 0.15) is 70.3 Å². The molecule has 4 atom stereocenters. The average molecular weight is 597 g/mol. The first-order valence-corrected chi connectivity index (χ1v) is 14.3. The second kappa shape index (κ2) is 12.6. The lowest BCUT2D eigenvalue weighted by molar-refractivity contribution is -0.139. The minimum absolute atomic E-state index is 0.0454. The van der Waals surface area contributed by atoms with Crippen LogP contribution in [-0.4, -0.2) is 45.0 Å². The molecule has 5 rings (SSSR count). The number of aliphatic carboxylic acids is 1. The number of carboxylic acid groups (broad SMARTS) is 1. The molecule has 2 amide bonds. The van der Waals surface area contributed by atoms with Crippen LogP contribution in [0, 0.1) is 0 Å². The number of carbonyl (C=O) groups is 3. The molecule has 0 bridgehead atoms. The van der Waals surface area contributed by atoms with Crippen molar-refractivity contribution in [3.8, 4) is 0 Å². The maximum atomic E-state index is 14.0. The highest BCUT2D eigenvalue weighted by Crippen LogP contribution is 2.47. The van der Waals surface area contributed by atoms with Crippen LogP contribution < -0.4 is 5.48 Å². The van der Waals surface area contributed by atoms with Gasteiger partial charge in [0.25, 0.3) is 11.8 Å². The van der Waals surface area contributed by atoms with Gasteiger partial charge in [-0.3, -0.25) is 19.2 Å². The Morgan fingerprint density at radius 1 is 0.951 bits per heavy atom. The van der Waals surface area contributed by atoms with E-state index < -0.39 is 36.0 Å². The number of fused-ring (bicyclic) bond motifs is 1. The van der Waals surface area contributed by atoms with E-state index in [2.05, 4.69) is 5.48 Å². The summed E-state index contributed by atoms with van der Waals surface area (Å²) in [6.45, 7) is 0.0454. The van der Waals surface area contributed by atoms with Crippen molar-refractivity contribution in [2.75, 3.05) is 0 Å². The zero-order valence-corrected chi connectivity index (χ0v) is 23.6. The molecule has 0 aromatic heterocycles. The number of benzene rings is 3. The second-order valence-electron chi connectivity index (χ2n) is 10.4. The summed E-state index contributed by atoms with van der Waals surface area (Å²) >= 11 is 12.9. The molecule has 3 aromatic carbocycles. The number of aliphatic hydroxyl groups excluding tert-OH is 1. The first-order valence-electron chi connectivity index (χ1n) is 13.5. The largest absolute Gasteiger partial charge is 0.481 e. The zero-order chi connectivity index (χ0) is 29.1. The molecule has 41 heavy (non-hydrogen) atoms. The number of nitrogens with zero attached hydrogens (tertiary/aromatic N) is 1. The van der Waals surface area contributed by atoms with E-state index in [9.17, 15) is 19.5 Å². The Hall–Kier alpha value is -3.43.